The molecule has 1 amide bonds. The van der Waals surface area contributed by atoms with E-state index in [9.17, 15) is 4.79 Å². The summed E-state index contributed by atoms with van der Waals surface area (Å²) in [4.78, 5) is 17.3. The third-order valence-electron chi connectivity index (χ3n) is 4.28. The molecular weight excluding hydrogens is 288 g/mol. The topological polar surface area (TPSA) is 59.8 Å². The van der Waals surface area contributed by atoms with Crippen LogP contribution in [0.25, 0.3) is 0 Å². The predicted molar refractivity (Wildman–Crippen MR) is 89.1 cm³/mol. The Morgan fingerprint density at radius 2 is 2.22 bits per heavy atom. The molecule has 1 N–H and O–H groups in total. The van der Waals surface area contributed by atoms with E-state index in [2.05, 4.69) is 22.3 Å². The molecule has 23 heavy (non-hydrogen) atoms. The number of amides is 1. The van der Waals surface area contributed by atoms with Crippen molar-refractivity contribution in [3.63, 3.8) is 0 Å². The van der Waals surface area contributed by atoms with Crippen molar-refractivity contribution in [3.05, 3.63) is 47.0 Å². The van der Waals surface area contributed by atoms with Gasteiger partial charge in [0.05, 0.1) is 17.4 Å². The summed E-state index contributed by atoms with van der Waals surface area (Å²) >= 11 is 0. The monoisotopic (exact) mass is 312 g/mol. The number of rotatable bonds is 6. The van der Waals surface area contributed by atoms with Crippen LogP contribution < -0.4 is 5.32 Å². The molecule has 1 aliphatic carbocycles. The van der Waals surface area contributed by atoms with Crippen LogP contribution in [0.5, 0.6) is 0 Å². The highest BCUT2D eigenvalue weighted by molar-refractivity contribution is 5.93. The fraction of sp³-hybridized carbons (Fsp3) is 0.500. The van der Waals surface area contributed by atoms with Crippen LogP contribution in [0.3, 0.4) is 0 Å². The minimum Gasteiger partial charge on any atom is -0.342 e. The van der Waals surface area contributed by atoms with Gasteiger partial charge < -0.3 is 5.32 Å². The molecular formula is C18H24N4O. The Bertz CT molecular complexity index is 703. The molecule has 5 heteroatoms. The van der Waals surface area contributed by atoms with Crippen molar-refractivity contribution in [2.24, 2.45) is 13.0 Å². The van der Waals surface area contributed by atoms with Gasteiger partial charge in [-0.3, -0.25) is 14.5 Å². The van der Waals surface area contributed by atoms with Crippen LogP contribution in [0, 0.1) is 12.8 Å². The second kappa shape index (κ2) is 6.52. The lowest BCUT2D eigenvalue weighted by atomic mass is 10.1. The van der Waals surface area contributed by atoms with E-state index >= 15 is 0 Å². The summed E-state index contributed by atoms with van der Waals surface area (Å²) in [5, 5.41) is 7.59. The number of carbonyl (C=O) groups excluding carboxylic acids is 1. The van der Waals surface area contributed by atoms with Gasteiger partial charge in [-0.2, -0.15) is 5.10 Å². The number of aromatic nitrogens is 3. The normalized spacial score (nSPS) is 15.4. The molecule has 1 unspecified atom stereocenters. The second-order valence-corrected chi connectivity index (χ2v) is 6.39. The van der Waals surface area contributed by atoms with Gasteiger partial charge in [0.1, 0.15) is 5.69 Å². The van der Waals surface area contributed by atoms with Crippen molar-refractivity contribution in [1.82, 2.24) is 20.1 Å². The largest absolute Gasteiger partial charge is 0.342 e. The third-order valence-corrected chi connectivity index (χ3v) is 4.28. The fourth-order valence-electron chi connectivity index (χ4n) is 2.93. The van der Waals surface area contributed by atoms with E-state index in [4.69, 9.17) is 0 Å². The van der Waals surface area contributed by atoms with Crippen LogP contribution in [-0.4, -0.2) is 20.7 Å². The van der Waals surface area contributed by atoms with Gasteiger partial charge in [-0.1, -0.05) is 19.4 Å². The molecule has 2 heterocycles. The Morgan fingerprint density at radius 3 is 2.87 bits per heavy atom. The lowest BCUT2D eigenvalue weighted by Gasteiger charge is -2.18. The molecule has 1 saturated carbocycles. The number of aryl methyl sites for hydroxylation is 3. The zero-order chi connectivity index (χ0) is 16.4. The van der Waals surface area contributed by atoms with E-state index in [1.165, 1.54) is 0 Å². The summed E-state index contributed by atoms with van der Waals surface area (Å²) in [6, 6.07) is 7.87. The minimum atomic E-state index is -0.0671. The molecule has 1 fully saturated rings. The van der Waals surface area contributed by atoms with E-state index in [0.717, 1.165) is 42.8 Å². The first-order valence-electron chi connectivity index (χ1n) is 8.35. The number of nitrogens with one attached hydrogen (secondary N) is 1. The molecule has 0 bridgehead atoms. The van der Waals surface area contributed by atoms with Crippen LogP contribution in [0.4, 0.5) is 0 Å². The summed E-state index contributed by atoms with van der Waals surface area (Å²) in [5.41, 5.74) is 3.52. The molecule has 0 aromatic carbocycles. The number of hydrogen-bond acceptors (Lipinski definition) is 3. The molecule has 122 valence electrons. The van der Waals surface area contributed by atoms with Crippen LogP contribution in [0.15, 0.2) is 24.3 Å². The highest BCUT2D eigenvalue weighted by Crippen LogP contribution is 2.40. The predicted octanol–water partition coefficient (Wildman–Crippen LogP) is 2.96. The zero-order valence-electron chi connectivity index (χ0n) is 14.0. The maximum Gasteiger partial charge on any atom is 0.270 e. The van der Waals surface area contributed by atoms with E-state index in [-0.39, 0.29) is 11.9 Å². The summed E-state index contributed by atoms with van der Waals surface area (Å²) in [6.07, 6.45) is 4.21. The van der Waals surface area contributed by atoms with Gasteiger partial charge in [-0.25, -0.2) is 0 Å². The standard InChI is InChI=1S/C18H24N4O/c1-4-6-14-11-16(22(3)21-14)18(23)20-17(13-9-10-13)15-8-5-7-12(2)19-15/h5,7-8,11,13,17H,4,6,9-10H2,1-3H3,(H,20,23). The highest BCUT2D eigenvalue weighted by atomic mass is 16.2. The Hall–Kier alpha value is -2.17. The molecule has 2 aromatic rings. The minimum absolute atomic E-state index is 0.00748. The molecule has 3 rings (SSSR count). The Morgan fingerprint density at radius 1 is 1.43 bits per heavy atom. The van der Waals surface area contributed by atoms with E-state index in [0.29, 0.717) is 11.6 Å². The third kappa shape index (κ3) is 3.60. The first kappa shape index (κ1) is 15.7. The lowest BCUT2D eigenvalue weighted by molar-refractivity contribution is 0.0921. The van der Waals surface area contributed by atoms with Crippen LogP contribution in [0.1, 0.15) is 59.8 Å². The Balaban J connectivity index is 1.79. The van der Waals surface area contributed by atoms with Gasteiger partial charge in [-0.05, 0) is 50.3 Å². The van der Waals surface area contributed by atoms with Gasteiger partial charge >= 0.3 is 0 Å². The first-order chi connectivity index (χ1) is 11.1. The Kier molecular flexibility index (Phi) is 4.46. The van der Waals surface area contributed by atoms with Crippen molar-refractivity contribution in [2.75, 3.05) is 0 Å². The molecule has 1 atom stereocenters. The van der Waals surface area contributed by atoms with Gasteiger partial charge in [0.15, 0.2) is 0 Å². The maximum atomic E-state index is 12.7. The average molecular weight is 312 g/mol. The summed E-state index contributed by atoms with van der Waals surface area (Å²) in [5.74, 6) is 0.430. The number of nitrogens with zero attached hydrogens (tertiary/aromatic N) is 3. The van der Waals surface area contributed by atoms with Gasteiger partial charge in [0.25, 0.3) is 5.91 Å². The number of hydrogen-bond donors (Lipinski definition) is 1. The van der Waals surface area contributed by atoms with Crippen molar-refractivity contribution in [2.45, 2.75) is 45.6 Å². The molecule has 0 spiro atoms. The molecule has 5 nitrogen and oxygen atoms in total. The van der Waals surface area contributed by atoms with Crippen molar-refractivity contribution >= 4 is 5.91 Å². The summed E-state index contributed by atoms with van der Waals surface area (Å²) in [7, 11) is 1.82. The van der Waals surface area contributed by atoms with Crippen LogP contribution >= 0.6 is 0 Å². The average Bonchev–Trinajstić information content (AvgIpc) is 3.28. The second-order valence-electron chi connectivity index (χ2n) is 6.39. The highest BCUT2D eigenvalue weighted by Gasteiger charge is 2.35. The number of pyridine rings is 1. The molecule has 0 saturated heterocycles. The smallest absolute Gasteiger partial charge is 0.270 e. The van der Waals surface area contributed by atoms with Gasteiger partial charge in [0.2, 0.25) is 0 Å². The number of carbonyl (C=O) groups is 1. The summed E-state index contributed by atoms with van der Waals surface area (Å²) in [6.45, 7) is 4.09. The molecule has 0 aliphatic heterocycles. The Labute approximate surface area is 137 Å². The van der Waals surface area contributed by atoms with E-state index in [1.807, 2.05) is 38.2 Å². The quantitative estimate of drug-likeness (QED) is 0.892. The molecule has 1 aliphatic rings. The van der Waals surface area contributed by atoms with Gasteiger partial charge in [0, 0.05) is 12.7 Å². The fourth-order valence-corrected chi connectivity index (χ4v) is 2.93. The summed E-state index contributed by atoms with van der Waals surface area (Å²) < 4.78 is 1.67. The van der Waals surface area contributed by atoms with Crippen molar-refractivity contribution in [1.29, 1.82) is 0 Å². The van der Waals surface area contributed by atoms with E-state index < -0.39 is 0 Å². The van der Waals surface area contributed by atoms with Crippen LogP contribution in [0.2, 0.25) is 0 Å². The molecule has 0 radical (unpaired) electrons. The van der Waals surface area contributed by atoms with Crippen molar-refractivity contribution < 1.29 is 4.79 Å². The first-order valence-corrected chi connectivity index (χ1v) is 8.35. The van der Waals surface area contributed by atoms with Crippen molar-refractivity contribution in [3.8, 4) is 0 Å². The molecule has 2 aromatic heterocycles. The van der Waals surface area contributed by atoms with Gasteiger partial charge in [-0.15, -0.1) is 0 Å². The van der Waals surface area contributed by atoms with E-state index in [1.54, 1.807) is 4.68 Å². The lowest BCUT2D eigenvalue weighted by Crippen LogP contribution is -2.31. The SMILES string of the molecule is CCCc1cc(C(=O)NC(c2cccc(C)n2)C2CC2)n(C)n1. The maximum absolute atomic E-state index is 12.7. The zero-order valence-corrected chi connectivity index (χ0v) is 14.0. The van der Waals surface area contributed by atoms with Crippen LogP contribution in [-0.2, 0) is 13.5 Å².